The average molecular weight is 375 g/mol. The Morgan fingerprint density at radius 2 is 1.78 bits per heavy atom. The molecule has 1 aliphatic heterocycles. The van der Waals surface area contributed by atoms with Crippen LogP contribution in [0.4, 0.5) is 0 Å². The molecule has 27 heavy (non-hydrogen) atoms. The van der Waals surface area contributed by atoms with Gasteiger partial charge in [-0.05, 0) is 36.8 Å². The number of aryl methyl sites for hydroxylation is 1. The van der Waals surface area contributed by atoms with Crippen LogP contribution >= 0.6 is 11.3 Å². The molecule has 1 unspecified atom stereocenters. The minimum atomic E-state index is 0.104. The molecule has 0 spiro atoms. The first-order chi connectivity index (χ1) is 13.3. The van der Waals surface area contributed by atoms with Gasteiger partial charge in [-0.15, -0.1) is 11.3 Å². The highest BCUT2D eigenvalue weighted by Crippen LogP contribution is 2.35. The number of aromatic nitrogens is 1. The lowest BCUT2D eigenvalue weighted by atomic mass is 9.89. The van der Waals surface area contributed by atoms with Gasteiger partial charge in [0.2, 0.25) is 5.91 Å². The van der Waals surface area contributed by atoms with Crippen molar-refractivity contribution in [1.82, 2.24) is 9.88 Å². The Bertz CT molecular complexity index is 979. The molecule has 4 heteroatoms. The molecule has 2 aromatic carbocycles. The van der Waals surface area contributed by atoms with Gasteiger partial charge in [0, 0.05) is 29.4 Å². The lowest BCUT2D eigenvalue weighted by molar-refractivity contribution is -0.136. The SMILES string of the molecule is O=C(C1CCc2nc(-c3ccccc3)sc2C1)N1CCc2ccccc2C1. The number of thiazole rings is 1. The Morgan fingerprint density at radius 1 is 1.00 bits per heavy atom. The number of carbonyl (C=O) groups is 1. The Balaban J connectivity index is 1.32. The first-order valence-electron chi connectivity index (χ1n) is 9.67. The molecule has 0 saturated heterocycles. The number of rotatable bonds is 2. The molecule has 0 radical (unpaired) electrons. The third-order valence-corrected chi connectivity index (χ3v) is 6.92. The van der Waals surface area contributed by atoms with Gasteiger partial charge in [-0.25, -0.2) is 4.98 Å². The van der Waals surface area contributed by atoms with Crippen LogP contribution in [0.25, 0.3) is 10.6 Å². The molecular weight excluding hydrogens is 352 g/mol. The van der Waals surface area contributed by atoms with Gasteiger partial charge in [0.25, 0.3) is 0 Å². The Labute approximate surface area is 163 Å². The zero-order valence-corrected chi connectivity index (χ0v) is 16.0. The van der Waals surface area contributed by atoms with E-state index in [2.05, 4.69) is 53.4 Å². The molecule has 5 rings (SSSR count). The van der Waals surface area contributed by atoms with Crippen LogP contribution in [0.3, 0.4) is 0 Å². The molecular formula is C23H22N2OS. The molecule has 1 aromatic heterocycles. The van der Waals surface area contributed by atoms with Crippen molar-refractivity contribution in [2.45, 2.75) is 32.2 Å². The number of amides is 1. The fraction of sp³-hybridized carbons (Fsp3) is 0.304. The normalized spacial score (nSPS) is 18.7. The van der Waals surface area contributed by atoms with E-state index in [0.717, 1.165) is 43.8 Å². The van der Waals surface area contributed by atoms with Gasteiger partial charge in [0.15, 0.2) is 0 Å². The van der Waals surface area contributed by atoms with Crippen LogP contribution in [0.5, 0.6) is 0 Å². The highest BCUT2D eigenvalue weighted by Gasteiger charge is 2.31. The summed E-state index contributed by atoms with van der Waals surface area (Å²) in [6, 6.07) is 18.9. The second kappa shape index (κ2) is 6.93. The van der Waals surface area contributed by atoms with Crippen molar-refractivity contribution < 1.29 is 4.79 Å². The summed E-state index contributed by atoms with van der Waals surface area (Å²) in [4.78, 5) is 21.4. The maximum atomic E-state index is 13.2. The summed E-state index contributed by atoms with van der Waals surface area (Å²) in [5, 5.41) is 1.08. The fourth-order valence-corrected chi connectivity index (χ4v) is 5.43. The van der Waals surface area contributed by atoms with Gasteiger partial charge in [-0.2, -0.15) is 0 Å². The zero-order valence-electron chi connectivity index (χ0n) is 15.2. The Morgan fingerprint density at radius 3 is 2.63 bits per heavy atom. The van der Waals surface area contributed by atoms with E-state index in [4.69, 9.17) is 4.98 Å². The van der Waals surface area contributed by atoms with E-state index in [1.54, 1.807) is 11.3 Å². The second-order valence-corrected chi connectivity index (χ2v) is 8.56. The van der Waals surface area contributed by atoms with E-state index in [1.165, 1.54) is 27.3 Å². The molecule has 1 atom stereocenters. The first-order valence-corrected chi connectivity index (χ1v) is 10.5. The molecule has 0 fully saturated rings. The van der Waals surface area contributed by atoms with Crippen molar-refractivity contribution in [2.24, 2.45) is 5.92 Å². The average Bonchev–Trinajstić information content (AvgIpc) is 3.17. The lowest BCUT2D eigenvalue weighted by Crippen LogP contribution is -2.41. The van der Waals surface area contributed by atoms with Gasteiger partial charge >= 0.3 is 0 Å². The first kappa shape index (κ1) is 16.7. The van der Waals surface area contributed by atoms with Gasteiger partial charge in [-0.3, -0.25) is 4.79 Å². The third-order valence-electron chi connectivity index (χ3n) is 5.75. The van der Waals surface area contributed by atoms with Crippen LogP contribution in [-0.4, -0.2) is 22.3 Å². The quantitative estimate of drug-likeness (QED) is 0.662. The van der Waals surface area contributed by atoms with E-state index in [0.29, 0.717) is 5.91 Å². The smallest absolute Gasteiger partial charge is 0.226 e. The van der Waals surface area contributed by atoms with Crippen molar-refractivity contribution in [1.29, 1.82) is 0 Å². The molecule has 3 aromatic rings. The summed E-state index contributed by atoms with van der Waals surface area (Å²) in [5.41, 5.74) is 5.07. The highest BCUT2D eigenvalue weighted by molar-refractivity contribution is 7.15. The van der Waals surface area contributed by atoms with E-state index in [1.807, 2.05) is 6.07 Å². The molecule has 3 nitrogen and oxygen atoms in total. The maximum Gasteiger partial charge on any atom is 0.226 e. The molecule has 2 heterocycles. The van der Waals surface area contributed by atoms with Crippen LogP contribution in [0.1, 0.15) is 28.1 Å². The minimum absolute atomic E-state index is 0.104. The number of hydrogen-bond acceptors (Lipinski definition) is 3. The summed E-state index contributed by atoms with van der Waals surface area (Å²) in [6.45, 7) is 1.60. The number of carbonyl (C=O) groups excluding carboxylic acids is 1. The predicted octanol–water partition coefficient (Wildman–Crippen LogP) is 4.50. The van der Waals surface area contributed by atoms with E-state index < -0.39 is 0 Å². The zero-order chi connectivity index (χ0) is 18.2. The summed E-state index contributed by atoms with van der Waals surface area (Å²) in [7, 11) is 0. The molecule has 2 aliphatic rings. The standard InChI is InChI=1S/C23H22N2OS/c26-23(25-13-12-16-6-4-5-9-19(16)15-25)18-10-11-20-21(14-18)27-22(24-20)17-7-2-1-3-8-17/h1-9,18H,10-15H2. The summed E-state index contributed by atoms with van der Waals surface area (Å²) in [5.74, 6) is 0.427. The minimum Gasteiger partial charge on any atom is -0.338 e. The molecule has 0 saturated carbocycles. The number of fused-ring (bicyclic) bond motifs is 2. The molecule has 136 valence electrons. The number of hydrogen-bond donors (Lipinski definition) is 0. The van der Waals surface area contributed by atoms with Crippen molar-refractivity contribution in [3.05, 3.63) is 76.3 Å². The van der Waals surface area contributed by atoms with Crippen LogP contribution in [0.15, 0.2) is 54.6 Å². The topological polar surface area (TPSA) is 33.2 Å². The van der Waals surface area contributed by atoms with Gasteiger partial charge in [0.05, 0.1) is 5.69 Å². The molecule has 0 bridgehead atoms. The van der Waals surface area contributed by atoms with Gasteiger partial charge < -0.3 is 4.90 Å². The largest absolute Gasteiger partial charge is 0.338 e. The summed E-state index contributed by atoms with van der Waals surface area (Å²) >= 11 is 1.76. The summed E-state index contributed by atoms with van der Waals surface area (Å²) < 4.78 is 0. The number of benzene rings is 2. The molecule has 1 aliphatic carbocycles. The van der Waals surface area contributed by atoms with E-state index in [9.17, 15) is 4.79 Å². The maximum absolute atomic E-state index is 13.2. The van der Waals surface area contributed by atoms with Gasteiger partial charge in [-0.1, -0.05) is 54.6 Å². The second-order valence-electron chi connectivity index (χ2n) is 7.47. The van der Waals surface area contributed by atoms with Gasteiger partial charge in [0.1, 0.15) is 5.01 Å². The van der Waals surface area contributed by atoms with Crippen molar-refractivity contribution in [3.8, 4) is 10.6 Å². The lowest BCUT2D eigenvalue weighted by Gasteiger charge is -2.32. The Hall–Kier alpha value is -2.46. The van der Waals surface area contributed by atoms with Crippen LogP contribution in [0.2, 0.25) is 0 Å². The third kappa shape index (κ3) is 3.19. The van der Waals surface area contributed by atoms with Crippen LogP contribution in [0, 0.1) is 5.92 Å². The highest BCUT2D eigenvalue weighted by atomic mass is 32.1. The number of nitrogens with zero attached hydrogens (tertiary/aromatic N) is 2. The fourth-order valence-electron chi connectivity index (χ4n) is 4.23. The van der Waals surface area contributed by atoms with Crippen molar-refractivity contribution in [2.75, 3.05) is 6.54 Å². The molecule has 0 N–H and O–H groups in total. The van der Waals surface area contributed by atoms with E-state index >= 15 is 0 Å². The predicted molar refractivity (Wildman–Crippen MR) is 109 cm³/mol. The summed E-state index contributed by atoms with van der Waals surface area (Å²) in [6.07, 6.45) is 3.65. The van der Waals surface area contributed by atoms with Crippen LogP contribution in [-0.2, 0) is 30.6 Å². The monoisotopic (exact) mass is 374 g/mol. The van der Waals surface area contributed by atoms with Crippen molar-refractivity contribution >= 4 is 17.2 Å². The van der Waals surface area contributed by atoms with Crippen molar-refractivity contribution in [3.63, 3.8) is 0 Å². The van der Waals surface area contributed by atoms with Crippen LogP contribution < -0.4 is 0 Å². The Kier molecular flexibility index (Phi) is 4.29. The molecule has 1 amide bonds. The van der Waals surface area contributed by atoms with E-state index in [-0.39, 0.29) is 5.92 Å².